The molecule has 3 aromatic carbocycles. The summed E-state index contributed by atoms with van der Waals surface area (Å²) in [5.74, 6) is 1.58. The highest BCUT2D eigenvalue weighted by Gasteiger charge is 2.24. The Morgan fingerprint density at radius 1 is 1.03 bits per heavy atom. The van der Waals surface area contributed by atoms with Crippen LogP contribution < -0.4 is 15.2 Å². The number of piperidine rings is 1. The van der Waals surface area contributed by atoms with Gasteiger partial charge in [-0.05, 0) is 74.3 Å². The third-order valence-corrected chi connectivity index (χ3v) is 8.05. The van der Waals surface area contributed by atoms with Gasteiger partial charge in [0.2, 0.25) is 0 Å². The zero-order chi connectivity index (χ0) is 25.8. The molecule has 0 aliphatic carbocycles. The average Bonchev–Trinajstić information content (AvgIpc) is 3.34. The molecule has 0 spiro atoms. The first-order valence-corrected chi connectivity index (χ1v) is 13.7. The number of sulfonamides is 1. The molecule has 9 nitrogen and oxygen atoms in total. The van der Waals surface area contributed by atoms with E-state index in [1.165, 1.54) is 0 Å². The quantitative estimate of drug-likeness (QED) is 0.319. The Labute approximate surface area is 215 Å². The van der Waals surface area contributed by atoms with Gasteiger partial charge in [-0.25, -0.2) is 18.2 Å². The molecule has 2 heterocycles. The number of aromatic amines is 1. The summed E-state index contributed by atoms with van der Waals surface area (Å²) in [4.78, 5) is 21.9. The Morgan fingerprint density at radius 2 is 1.76 bits per heavy atom. The molecule has 4 N–H and O–H groups in total. The molecule has 1 fully saturated rings. The Bertz CT molecular complexity index is 1480. The second kappa shape index (κ2) is 10.6. The number of fused-ring (bicyclic) bond motifs is 1. The number of para-hydroxylation sites is 1. The van der Waals surface area contributed by atoms with Gasteiger partial charge in [-0.15, -0.1) is 0 Å². The van der Waals surface area contributed by atoms with E-state index in [9.17, 15) is 13.2 Å². The minimum Gasteiger partial charge on any atom is -0.408 e. The van der Waals surface area contributed by atoms with Gasteiger partial charge in [0.05, 0.1) is 10.4 Å². The summed E-state index contributed by atoms with van der Waals surface area (Å²) in [6.45, 7) is 2.85. The highest BCUT2D eigenvalue weighted by molar-refractivity contribution is 7.92. The Hall–Kier alpha value is -3.89. The number of H-pyrrole nitrogens is 1. The number of hydrogen-bond donors (Lipinski definition) is 3. The molecule has 1 saturated heterocycles. The lowest BCUT2D eigenvalue weighted by Crippen LogP contribution is -2.34. The van der Waals surface area contributed by atoms with Crippen molar-refractivity contribution < 1.29 is 17.9 Å². The summed E-state index contributed by atoms with van der Waals surface area (Å²) in [6.07, 6.45) is 1.99. The third-order valence-electron chi connectivity index (χ3n) is 6.66. The van der Waals surface area contributed by atoms with Gasteiger partial charge in [-0.1, -0.05) is 36.4 Å². The van der Waals surface area contributed by atoms with Crippen molar-refractivity contribution in [2.45, 2.75) is 30.1 Å². The van der Waals surface area contributed by atoms with Crippen LogP contribution in [0.25, 0.3) is 11.0 Å². The van der Waals surface area contributed by atoms with Crippen molar-refractivity contribution in [1.29, 1.82) is 0 Å². The molecule has 0 radical (unpaired) electrons. The molecule has 1 aromatic heterocycles. The number of rotatable bonds is 8. The maximum atomic E-state index is 12.5. The first-order chi connectivity index (χ1) is 17.9. The van der Waals surface area contributed by atoms with E-state index in [4.69, 9.17) is 15.5 Å². The van der Waals surface area contributed by atoms with Crippen molar-refractivity contribution in [3.05, 3.63) is 84.2 Å². The van der Waals surface area contributed by atoms with E-state index in [0.717, 1.165) is 55.8 Å². The fourth-order valence-electron chi connectivity index (χ4n) is 4.68. The number of imidazole rings is 1. The number of nitrogens with two attached hydrogens (primary N) is 1. The summed E-state index contributed by atoms with van der Waals surface area (Å²) >= 11 is 0. The Balaban J connectivity index is 1.13. The van der Waals surface area contributed by atoms with E-state index in [-0.39, 0.29) is 4.90 Å². The maximum absolute atomic E-state index is 12.5. The van der Waals surface area contributed by atoms with E-state index >= 15 is 0 Å². The highest BCUT2D eigenvalue weighted by atomic mass is 32.2. The number of benzene rings is 3. The van der Waals surface area contributed by atoms with Crippen LogP contribution in [0.1, 0.15) is 30.1 Å². The number of amides is 1. The van der Waals surface area contributed by atoms with Gasteiger partial charge in [-0.3, -0.25) is 4.72 Å². The van der Waals surface area contributed by atoms with Crippen LogP contribution in [0.2, 0.25) is 0 Å². The predicted molar refractivity (Wildman–Crippen MR) is 142 cm³/mol. The van der Waals surface area contributed by atoms with Crippen LogP contribution in [0, 0.1) is 0 Å². The minimum atomic E-state index is -3.59. The molecule has 0 unspecified atom stereocenters. The molecule has 192 valence electrons. The predicted octanol–water partition coefficient (Wildman–Crippen LogP) is 4.24. The smallest absolute Gasteiger partial charge is 0.408 e. The van der Waals surface area contributed by atoms with Gasteiger partial charge < -0.3 is 20.4 Å². The lowest BCUT2D eigenvalue weighted by atomic mass is 9.96. The number of primary amides is 1. The number of aromatic nitrogens is 2. The molecule has 1 aliphatic rings. The SMILES string of the molecule is NC(=O)Oc1cccc2[nH]c(C3CCN(CCc4ccc(NS(=O)(=O)c5ccccc5)cc4)CC3)nc12. The highest BCUT2D eigenvalue weighted by Crippen LogP contribution is 2.31. The van der Waals surface area contributed by atoms with Crippen LogP contribution in [0.3, 0.4) is 0 Å². The third kappa shape index (κ3) is 5.92. The van der Waals surface area contributed by atoms with E-state index in [0.29, 0.717) is 22.9 Å². The minimum absolute atomic E-state index is 0.240. The lowest BCUT2D eigenvalue weighted by molar-refractivity contribution is 0.211. The van der Waals surface area contributed by atoms with Crippen LogP contribution in [0.15, 0.2) is 77.7 Å². The summed E-state index contributed by atoms with van der Waals surface area (Å²) < 4.78 is 32.7. The number of nitrogens with zero attached hydrogens (tertiary/aromatic N) is 2. The van der Waals surface area contributed by atoms with Crippen molar-refractivity contribution in [2.75, 3.05) is 24.4 Å². The van der Waals surface area contributed by atoms with Crippen LogP contribution in [-0.2, 0) is 16.4 Å². The molecule has 0 bridgehead atoms. The maximum Gasteiger partial charge on any atom is 0.410 e. The molecule has 4 aromatic rings. The molecule has 1 aliphatic heterocycles. The summed E-state index contributed by atoms with van der Waals surface area (Å²) in [5, 5.41) is 0. The van der Waals surface area contributed by atoms with Crippen molar-refractivity contribution in [3.8, 4) is 5.75 Å². The first-order valence-electron chi connectivity index (χ1n) is 12.2. The number of anilines is 1. The van der Waals surface area contributed by atoms with Crippen molar-refractivity contribution >= 4 is 32.8 Å². The van der Waals surface area contributed by atoms with Crippen molar-refractivity contribution in [1.82, 2.24) is 14.9 Å². The summed E-state index contributed by atoms with van der Waals surface area (Å²) in [7, 11) is -3.59. The van der Waals surface area contributed by atoms with Gasteiger partial charge in [0.15, 0.2) is 5.75 Å². The fourth-order valence-corrected chi connectivity index (χ4v) is 5.76. The van der Waals surface area contributed by atoms with Gasteiger partial charge in [0.25, 0.3) is 10.0 Å². The number of carbonyl (C=O) groups is 1. The van der Waals surface area contributed by atoms with E-state index in [2.05, 4.69) is 14.6 Å². The number of nitrogens with one attached hydrogen (secondary N) is 2. The largest absolute Gasteiger partial charge is 0.410 e. The van der Waals surface area contributed by atoms with Gasteiger partial charge in [0.1, 0.15) is 11.3 Å². The molecule has 1 amide bonds. The molecule has 5 rings (SSSR count). The molecular formula is C27H29N5O4S. The molecule has 0 atom stereocenters. The Kier molecular flexibility index (Phi) is 7.11. The number of likely N-dealkylation sites (tertiary alicyclic amines) is 1. The van der Waals surface area contributed by atoms with E-state index in [1.54, 1.807) is 54.6 Å². The topological polar surface area (TPSA) is 130 Å². The lowest BCUT2D eigenvalue weighted by Gasteiger charge is -2.31. The molecule has 37 heavy (non-hydrogen) atoms. The van der Waals surface area contributed by atoms with Gasteiger partial charge >= 0.3 is 6.09 Å². The Morgan fingerprint density at radius 3 is 2.46 bits per heavy atom. The van der Waals surface area contributed by atoms with Crippen LogP contribution in [-0.4, -0.2) is 49.0 Å². The average molecular weight is 520 g/mol. The molecule has 10 heteroatoms. The van der Waals surface area contributed by atoms with Crippen LogP contribution >= 0.6 is 0 Å². The standard InChI is InChI=1S/C27H29N5O4S/c28-27(33)36-24-8-4-7-23-25(24)30-26(29-23)20-14-17-32(18-15-20)16-13-19-9-11-21(12-10-19)31-37(34,35)22-5-2-1-3-6-22/h1-12,20,31H,13-18H2,(H2,28,33)(H,29,30). The van der Waals surface area contributed by atoms with Crippen molar-refractivity contribution in [3.63, 3.8) is 0 Å². The first kappa shape index (κ1) is 24.8. The zero-order valence-corrected chi connectivity index (χ0v) is 21.1. The number of carbonyl (C=O) groups excluding carboxylic acids is 1. The monoisotopic (exact) mass is 519 g/mol. The van der Waals surface area contributed by atoms with E-state index in [1.807, 2.05) is 18.2 Å². The second-order valence-electron chi connectivity index (χ2n) is 9.18. The number of ether oxygens (including phenoxy) is 1. The van der Waals surface area contributed by atoms with Gasteiger partial charge in [0, 0.05) is 18.2 Å². The normalized spacial score (nSPS) is 15.0. The van der Waals surface area contributed by atoms with Crippen LogP contribution in [0.5, 0.6) is 5.75 Å². The molecular weight excluding hydrogens is 490 g/mol. The van der Waals surface area contributed by atoms with Crippen LogP contribution in [0.4, 0.5) is 10.5 Å². The molecule has 0 saturated carbocycles. The van der Waals surface area contributed by atoms with E-state index < -0.39 is 16.1 Å². The second-order valence-corrected chi connectivity index (χ2v) is 10.9. The number of hydrogen-bond acceptors (Lipinski definition) is 6. The zero-order valence-electron chi connectivity index (χ0n) is 20.3. The fraction of sp³-hybridized carbons (Fsp3) is 0.259. The van der Waals surface area contributed by atoms with Gasteiger partial charge in [-0.2, -0.15) is 0 Å². The summed E-state index contributed by atoms with van der Waals surface area (Å²) in [5.41, 5.74) is 8.32. The van der Waals surface area contributed by atoms with Crippen molar-refractivity contribution in [2.24, 2.45) is 5.73 Å². The summed E-state index contributed by atoms with van der Waals surface area (Å²) in [6, 6.07) is 21.3.